The first-order valence-electron chi connectivity index (χ1n) is 5.41. The summed E-state index contributed by atoms with van der Waals surface area (Å²) < 4.78 is 5.44. The van der Waals surface area contributed by atoms with Gasteiger partial charge in [0, 0.05) is 12.0 Å². The molecule has 1 aliphatic rings. The van der Waals surface area contributed by atoms with E-state index in [4.69, 9.17) is 10.5 Å². The van der Waals surface area contributed by atoms with Crippen LogP contribution in [0, 0.1) is 0 Å². The molecule has 0 unspecified atom stereocenters. The van der Waals surface area contributed by atoms with E-state index >= 15 is 0 Å². The van der Waals surface area contributed by atoms with E-state index in [2.05, 4.69) is 10.2 Å². The molecule has 0 atom stereocenters. The molecule has 0 fully saturated rings. The van der Waals surface area contributed by atoms with Gasteiger partial charge in [-0.3, -0.25) is 0 Å². The Bertz CT molecular complexity index is 438. The summed E-state index contributed by atoms with van der Waals surface area (Å²) in [7, 11) is 0. The van der Waals surface area contributed by atoms with Crippen molar-refractivity contribution in [3.63, 3.8) is 0 Å². The van der Waals surface area contributed by atoms with E-state index in [1.54, 1.807) is 0 Å². The molecule has 4 nitrogen and oxygen atoms in total. The minimum Gasteiger partial charge on any atom is -0.494 e. The molecule has 0 bridgehead atoms. The molecule has 0 spiro atoms. The number of benzene rings is 1. The van der Waals surface area contributed by atoms with Gasteiger partial charge in [0.15, 0.2) is 0 Å². The van der Waals surface area contributed by atoms with Crippen molar-refractivity contribution in [1.82, 2.24) is 0 Å². The molecule has 1 aromatic carbocycles. The third-order valence-corrected chi connectivity index (χ3v) is 2.40. The lowest BCUT2D eigenvalue weighted by Crippen LogP contribution is -2.17. The molecule has 16 heavy (non-hydrogen) atoms. The Hall–Kier alpha value is -1.84. The molecule has 0 amide bonds. The molecule has 1 aliphatic heterocycles. The van der Waals surface area contributed by atoms with Crippen LogP contribution in [0.3, 0.4) is 0 Å². The summed E-state index contributed by atoms with van der Waals surface area (Å²) in [6.45, 7) is 2.64. The maximum atomic E-state index is 5.57. The zero-order valence-corrected chi connectivity index (χ0v) is 9.31. The van der Waals surface area contributed by atoms with E-state index in [1.165, 1.54) is 0 Å². The zero-order chi connectivity index (χ0) is 11.4. The molecule has 2 rings (SSSR count). The molecule has 0 saturated carbocycles. The monoisotopic (exact) mass is 217 g/mol. The fraction of sp³-hybridized carbons (Fsp3) is 0.333. The molecule has 0 saturated heterocycles. The highest BCUT2D eigenvalue weighted by Gasteiger charge is 2.10. The van der Waals surface area contributed by atoms with Crippen molar-refractivity contribution in [3.05, 3.63) is 29.8 Å². The minimum atomic E-state index is 0.602. The highest BCUT2D eigenvalue weighted by Crippen LogP contribution is 2.17. The molecule has 1 aromatic rings. The summed E-state index contributed by atoms with van der Waals surface area (Å²) in [4.78, 5) is 0. The highest BCUT2D eigenvalue weighted by atomic mass is 16.5. The number of hydrogen-bond donors (Lipinski definition) is 1. The summed E-state index contributed by atoms with van der Waals surface area (Å²) in [5, 5.41) is 8.01. The van der Waals surface area contributed by atoms with Crippen molar-refractivity contribution in [2.75, 3.05) is 6.61 Å². The van der Waals surface area contributed by atoms with Gasteiger partial charge >= 0.3 is 0 Å². The molecule has 0 radical (unpaired) electrons. The fourth-order valence-corrected chi connectivity index (χ4v) is 1.61. The van der Waals surface area contributed by atoms with Gasteiger partial charge in [-0.25, -0.2) is 0 Å². The van der Waals surface area contributed by atoms with Crippen molar-refractivity contribution < 1.29 is 4.74 Å². The van der Waals surface area contributed by atoms with Crippen LogP contribution in [0.5, 0.6) is 5.75 Å². The molecule has 4 heteroatoms. The molecule has 0 aliphatic carbocycles. The highest BCUT2D eigenvalue weighted by molar-refractivity contribution is 6.04. The number of amidine groups is 1. The third-order valence-electron chi connectivity index (χ3n) is 2.40. The summed E-state index contributed by atoms with van der Waals surface area (Å²) in [6.07, 6.45) is 1.61. The quantitative estimate of drug-likeness (QED) is 0.841. The van der Waals surface area contributed by atoms with E-state index in [9.17, 15) is 0 Å². The maximum absolute atomic E-state index is 5.57. The van der Waals surface area contributed by atoms with Crippen molar-refractivity contribution in [2.24, 2.45) is 15.9 Å². The van der Waals surface area contributed by atoms with Crippen molar-refractivity contribution in [3.8, 4) is 5.75 Å². The number of nitrogens with two attached hydrogens (primary N) is 1. The van der Waals surface area contributed by atoms with Crippen LogP contribution in [0.4, 0.5) is 0 Å². The van der Waals surface area contributed by atoms with Gasteiger partial charge in [0.05, 0.1) is 12.3 Å². The van der Waals surface area contributed by atoms with E-state index in [-0.39, 0.29) is 0 Å². The Morgan fingerprint density at radius 1 is 1.31 bits per heavy atom. The van der Waals surface area contributed by atoms with Crippen molar-refractivity contribution >= 4 is 11.5 Å². The number of rotatable bonds is 3. The topological polar surface area (TPSA) is 60.0 Å². The van der Waals surface area contributed by atoms with E-state index < -0.39 is 0 Å². The molecule has 1 heterocycles. The Balaban J connectivity index is 2.24. The van der Waals surface area contributed by atoms with Gasteiger partial charge in [0.25, 0.3) is 0 Å². The molecule has 84 valence electrons. The predicted octanol–water partition coefficient (Wildman–Crippen LogP) is 1.94. The molecular formula is C12H15N3O. The summed E-state index contributed by atoms with van der Waals surface area (Å²) in [6, 6.07) is 7.90. The largest absolute Gasteiger partial charge is 0.494 e. The van der Waals surface area contributed by atoms with Crippen LogP contribution in [-0.2, 0) is 0 Å². The van der Waals surface area contributed by atoms with Crippen LogP contribution in [-0.4, -0.2) is 18.2 Å². The summed E-state index contributed by atoms with van der Waals surface area (Å²) >= 11 is 0. The van der Waals surface area contributed by atoms with Gasteiger partial charge < -0.3 is 10.5 Å². The standard InChI is InChI=1S/C12H15N3O/c1-2-16-10-5-3-4-9(8-10)11-6-7-12(13)15-14-11/h3-5,8H,2,6-7H2,1H3,(H2,13,15). The second kappa shape index (κ2) is 4.79. The molecule has 2 N–H and O–H groups in total. The Labute approximate surface area is 94.8 Å². The third kappa shape index (κ3) is 2.39. The lowest BCUT2D eigenvalue weighted by molar-refractivity contribution is 0.340. The molecular weight excluding hydrogens is 202 g/mol. The zero-order valence-electron chi connectivity index (χ0n) is 9.31. The maximum Gasteiger partial charge on any atom is 0.122 e. The average molecular weight is 217 g/mol. The van der Waals surface area contributed by atoms with Crippen LogP contribution in [0.25, 0.3) is 0 Å². The van der Waals surface area contributed by atoms with Crippen LogP contribution < -0.4 is 10.5 Å². The Morgan fingerprint density at radius 3 is 2.88 bits per heavy atom. The van der Waals surface area contributed by atoms with Gasteiger partial charge in [0.1, 0.15) is 11.6 Å². The SMILES string of the molecule is CCOc1cccc(C2=NN=C(N)CC2)c1. The smallest absolute Gasteiger partial charge is 0.122 e. The van der Waals surface area contributed by atoms with Crippen LogP contribution in [0.2, 0.25) is 0 Å². The first-order chi connectivity index (χ1) is 7.79. The van der Waals surface area contributed by atoms with Gasteiger partial charge in [-0.15, -0.1) is 5.10 Å². The van der Waals surface area contributed by atoms with Gasteiger partial charge in [0.2, 0.25) is 0 Å². The second-order valence-corrected chi connectivity index (χ2v) is 3.60. The van der Waals surface area contributed by atoms with E-state index in [0.717, 1.165) is 29.9 Å². The van der Waals surface area contributed by atoms with Crippen LogP contribution in [0.1, 0.15) is 25.3 Å². The lowest BCUT2D eigenvalue weighted by atomic mass is 10.0. The summed E-state index contributed by atoms with van der Waals surface area (Å²) in [5.41, 5.74) is 7.60. The van der Waals surface area contributed by atoms with Crippen LogP contribution in [0.15, 0.2) is 34.5 Å². The first kappa shape index (κ1) is 10.7. The number of ether oxygens (including phenoxy) is 1. The van der Waals surface area contributed by atoms with Gasteiger partial charge in [-0.2, -0.15) is 5.10 Å². The lowest BCUT2D eigenvalue weighted by Gasteiger charge is -2.10. The normalized spacial score (nSPS) is 15.3. The van der Waals surface area contributed by atoms with Gasteiger partial charge in [-0.1, -0.05) is 12.1 Å². The second-order valence-electron chi connectivity index (χ2n) is 3.60. The molecule has 0 aromatic heterocycles. The fourth-order valence-electron chi connectivity index (χ4n) is 1.61. The average Bonchev–Trinajstić information content (AvgIpc) is 2.31. The summed E-state index contributed by atoms with van der Waals surface area (Å²) in [5.74, 6) is 1.47. The predicted molar refractivity (Wildman–Crippen MR) is 65.0 cm³/mol. The first-order valence-corrected chi connectivity index (χ1v) is 5.41. The minimum absolute atomic E-state index is 0.602. The van der Waals surface area contributed by atoms with Crippen molar-refractivity contribution in [2.45, 2.75) is 19.8 Å². The van der Waals surface area contributed by atoms with E-state index in [0.29, 0.717) is 12.4 Å². The van der Waals surface area contributed by atoms with Crippen molar-refractivity contribution in [1.29, 1.82) is 0 Å². The number of nitrogens with zero attached hydrogens (tertiary/aromatic N) is 2. The Kier molecular flexibility index (Phi) is 3.19. The Morgan fingerprint density at radius 2 is 2.19 bits per heavy atom. The van der Waals surface area contributed by atoms with Gasteiger partial charge in [-0.05, 0) is 25.5 Å². The number of hydrogen-bond acceptors (Lipinski definition) is 4. The van der Waals surface area contributed by atoms with Crippen LogP contribution >= 0.6 is 0 Å². The van der Waals surface area contributed by atoms with E-state index in [1.807, 2.05) is 31.2 Å².